The summed E-state index contributed by atoms with van der Waals surface area (Å²) in [5.74, 6) is -1.33. The van der Waals surface area contributed by atoms with Crippen LogP contribution in [-0.2, 0) is 21.2 Å². The molecule has 12 heteroatoms. The number of fused-ring (bicyclic) bond motifs is 1. The number of phenols is 1. The zero-order chi connectivity index (χ0) is 26.2. The van der Waals surface area contributed by atoms with Crippen LogP contribution in [0.25, 0.3) is 10.9 Å². The maximum atomic E-state index is 14.2. The molecule has 0 aliphatic carbocycles. The molecule has 10 nitrogen and oxygen atoms in total. The van der Waals surface area contributed by atoms with Gasteiger partial charge in [0.05, 0.1) is 34.6 Å². The Kier molecular flexibility index (Phi) is 6.52. The number of nitrogens with zero attached hydrogens (tertiary/aromatic N) is 4. The number of carboxylic acids is 1. The van der Waals surface area contributed by atoms with Crippen LogP contribution in [0.4, 0.5) is 4.39 Å². The fourth-order valence-electron chi connectivity index (χ4n) is 4.58. The molecule has 2 aromatic carbocycles. The number of aromatic hydroxyl groups is 1. The Morgan fingerprint density at radius 3 is 2.62 bits per heavy atom. The summed E-state index contributed by atoms with van der Waals surface area (Å²) in [6.07, 6.45) is 1.49. The van der Waals surface area contributed by atoms with Gasteiger partial charge in [-0.3, -0.25) is 9.48 Å². The molecule has 0 spiro atoms. The minimum atomic E-state index is -4.01. The third kappa shape index (κ3) is 4.98. The summed E-state index contributed by atoms with van der Waals surface area (Å²) >= 11 is 0. The molecule has 2 aromatic heterocycles. The molecule has 2 atom stereocenters. The van der Waals surface area contributed by atoms with E-state index < -0.39 is 33.9 Å². The largest absolute Gasteiger partial charge is 0.508 e. The van der Waals surface area contributed by atoms with E-state index in [1.54, 1.807) is 24.4 Å². The van der Waals surface area contributed by atoms with Crippen molar-refractivity contribution in [3.63, 3.8) is 0 Å². The fourth-order valence-corrected chi connectivity index (χ4v) is 6.24. The van der Waals surface area contributed by atoms with Gasteiger partial charge in [0.1, 0.15) is 18.2 Å². The lowest BCUT2D eigenvalue weighted by molar-refractivity contribution is -0.136. The van der Waals surface area contributed by atoms with Gasteiger partial charge in [-0.15, -0.1) is 0 Å². The first kappa shape index (κ1) is 24.7. The van der Waals surface area contributed by atoms with Crippen LogP contribution >= 0.6 is 0 Å². The second-order valence-electron chi connectivity index (χ2n) is 8.71. The monoisotopic (exact) mass is 526 g/mol. The molecule has 0 unspecified atom stereocenters. The zero-order valence-corrected chi connectivity index (χ0v) is 20.3. The van der Waals surface area contributed by atoms with Gasteiger partial charge in [-0.1, -0.05) is 6.07 Å². The number of aromatic nitrogens is 3. The first-order chi connectivity index (χ1) is 17.7. The van der Waals surface area contributed by atoms with Crippen molar-refractivity contribution in [1.29, 1.82) is 0 Å². The second kappa shape index (κ2) is 9.79. The van der Waals surface area contributed by atoms with Gasteiger partial charge in [0.2, 0.25) is 15.9 Å². The lowest BCUT2D eigenvalue weighted by Crippen LogP contribution is -2.39. The van der Waals surface area contributed by atoms with Crippen LogP contribution in [0.2, 0.25) is 0 Å². The normalized spacial score (nSPS) is 18.3. The van der Waals surface area contributed by atoms with Crippen LogP contribution in [0.15, 0.2) is 71.8 Å². The molecule has 0 amide bonds. The van der Waals surface area contributed by atoms with E-state index in [2.05, 4.69) is 10.1 Å². The Morgan fingerprint density at radius 1 is 1.14 bits per heavy atom. The number of ether oxygens (including phenoxy) is 1. The number of sulfonamides is 1. The molecular formula is C25H23FN4O6S. The average molecular weight is 527 g/mol. The van der Waals surface area contributed by atoms with E-state index in [1.165, 1.54) is 51.5 Å². The predicted octanol–water partition coefficient (Wildman–Crippen LogP) is 2.99. The Balaban J connectivity index is 1.52. The molecule has 192 valence electrons. The highest BCUT2D eigenvalue weighted by molar-refractivity contribution is 7.89. The van der Waals surface area contributed by atoms with Gasteiger partial charge in [0.15, 0.2) is 0 Å². The molecular weight excluding hydrogens is 503 g/mol. The fraction of sp³-hybridized carbons (Fsp3) is 0.240. The van der Waals surface area contributed by atoms with Gasteiger partial charge in [0.25, 0.3) is 0 Å². The summed E-state index contributed by atoms with van der Waals surface area (Å²) < 4.78 is 50.0. The second-order valence-corrected chi connectivity index (χ2v) is 10.6. The van der Waals surface area contributed by atoms with E-state index in [0.29, 0.717) is 16.8 Å². The third-order valence-corrected chi connectivity index (χ3v) is 8.19. The van der Waals surface area contributed by atoms with Gasteiger partial charge < -0.3 is 14.9 Å². The van der Waals surface area contributed by atoms with E-state index >= 15 is 0 Å². The lowest BCUT2D eigenvalue weighted by atomic mass is 10.1. The van der Waals surface area contributed by atoms with Gasteiger partial charge in [-0.25, -0.2) is 17.8 Å². The number of benzene rings is 2. The van der Waals surface area contributed by atoms with Crippen molar-refractivity contribution in [1.82, 2.24) is 19.1 Å². The van der Waals surface area contributed by atoms with Crippen molar-refractivity contribution >= 4 is 26.9 Å². The van der Waals surface area contributed by atoms with Crippen molar-refractivity contribution in [2.75, 3.05) is 13.2 Å². The molecule has 0 saturated carbocycles. The van der Waals surface area contributed by atoms with Crippen molar-refractivity contribution in [2.24, 2.45) is 0 Å². The van der Waals surface area contributed by atoms with E-state index in [1.807, 2.05) is 0 Å². The zero-order valence-electron chi connectivity index (χ0n) is 19.4. The SMILES string of the molecule is O=C(O)Cc1nn([C@@H]2C[C@H](COc3ccccn3)N(S(=O)(=O)c3ccc(O)cc3)C2)c2cc(F)ccc12. The summed E-state index contributed by atoms with van der Waals surface area (Å²) in [6, 6.07) is 13.2. The summed E-state index contributed by atoms with van der Waals surface area (Å²) in [6.45, 7) is -0.000365. The third-order valence-electron chi connectivity index (χ3n) is 6.26. The molecule has 4 aromatic rings. The van der Waals surface area contributed by atoms with E-state index in [0.717, 1.165) is 0 Å². The van der Waals surface area contributed by atoms with Gasteiger partial charge >= 0.3 is 5.97 Å². The maximum absolute atomic E-state index is 14.2. The molecule has 0 radical (unpaired) electrons. The van der Waals surface area contributed by atoms with Crippen molar-refractivity contribution in [3.8, 4) is 11.6 Å². The van der Waals surface area contributed by atoms with Crippen molar-refractivity contribution in [2.45, 2.75) is 29.8 Å². The van der Waals surface area contributed by atoms with Crippen LogP contribution in [0.1, 0.15) is 18.2 Å². The summed E-state index contributed by atoms with van der Waals surface area (Å²) in [5, 5.41) is 23.9. The van der Waals surface area contributed by atoms with Crippen LogP contribution in [0.5, 0.6) is 11.6 Å². The Bertz CT molecular complexity index is 1540. The van der Waals surface area contributed by atoms with Gasteiger partial charge in [-0.2, -0.15) is 9.40 Å². The topological polar surface area (TPSA) is 135 Å². The van der Waals surface area contributed by atoms with E-state index in [-0.39, 0.29) is 42.3 Å². The summed E-state index contributed by atoms with van der Waals surface area (Å²) in [4.78, 5) is 15.5. The standard InChI is InChI=1S/C25H23FN4O6S/c26-16-4-9-21-22(13-25(32)33)28-30(23(21)11-16)17-12-18(15-36-24-3-1-2-10-27-24)29(14-17)37(34,35)20-7-5-19(31)6-8-20/h1-11,17-18,31H,12-15H2,(H,32,33)/t17-,18-/m1/s1. The smallest absolute Gasteiger partial charge is 0.309 e. The highest BCUT2D eigenvalue weighted by Crippen LogP contribution is 2.35. The highest BCUT2D eigenvalue weighted by Gasteiger charge is 2.42. The summed E-state index contributed by atoms with van der Waals surface area (Å²) in [7, 11) is -4.01. The number of rotatable bonds is 8. The maximum Gasteiger partial charge on any atom is 0.309 e. The van der Waals surface area contributed by atoms with Crippen molar-refractivity contribution in [3.05, 3.63) is 78.4 Å². The molecule has 2 N–H and O–H groups in total. The number of phenolic OH excluding ortho intramolecular Hbond substituents is 1. The number of carbonyl (C=O) groups is 1. The first-order valence-electron chi connectivity index (χ1n) is 11.5. The molecule has 1 aliphatic heterocycles. The van der Waals surface area contributed by atoms with Crippen LogP contribution in [-0.4, -0.2) is 62.9 Å². The number of halogens is 1. The first-order valence-corrected chi connectivity index (χ1v) is 12.9. The van der Waals surface area contributed by atoms with Crippen LogP contribution in [0, 0.1) is 5.82 Å². The molecule has 1 saturated heterocycles. The predicted molar refractivity (Wildman–Crippen MR) is 130 cm³/mol. The highest BCUT2D eigenvalue weighted by atomic mass is 32.2. The molecule has 1 fully saturated rings. The summed E-state index contributed by atoms with van der Waals surface area (Å²) in [5.41, 5.74) is 0.651. The minimum Gasteiger partial charge on any atom is -0.508 e. The molecule has 37 heavy (non-hydrogen) atoms. The molecule has 0 bridgehead atoms. The average Bonchev–Trinajstić information content (AvgIpc) is 3.45. The number of hydrogen-bond donors (Lipinski definition) is 2. The lowest BCUT2D eigenvalue weighted by Gasteiger charge is -2.23. The van der Waals surface area contributed by atoms with E-state index in [9.17, 15) is 27.8 Å². The Labute approximate surface area is 211 Å². The Hall–Kier alpha value is -4.03. The van der Waals surface area contributed by atoms with Crippen LogP contribution in [0.3, 0.4) is 0 Å². The van der Waals surface area contributed by atoms with Gasteiger partial charge in [0, 0.05) is 24.2 Å². The minimum absolute atomic E-state index is 0.000369. The number of aliphatic carboxylic acids is 1. The number of carboxylic acid groups (broad SMARTS) is 1. The molecule has 5 rings (SSSR count). The molecule has 1 aliphatic rings. The number of pyridine rings is 1. The molecule has 3 heterocycles. The van der Waals surface area contributed by atoms with Crippen LogP contribution < -0.4 is 4.74 Å². The van der Waals surface area contributed by atoms with Gasteiger partial charge in [-0.05, 0) is 55.0 Å². The van der Waals surface area contributed by atoms with Crippen molar-refractivity contribution < 1.29 is 32.6 Å². The van der Waals surface area contributed by atoms with E-state index in [4.69, 9.17) is 4.74 Å². The number of hydrogen-bond acceptors (Lipinski definition) is 7. The Morgan fingerprint density at radius 2 is 1.92 bits per heavy atom. The quantitative estimate of drug-likeness (QED) is 0.358.